The van der Waals surface area contributed by atoms with Gasteiger partial charge >= 0.3 is 0 Å². The Morgan fingerprint density at radius 3 is 2.47 bits per heavy atom. The molecule has 0 spiro atoms. The lowest BCUT2D eigenvalue weighted by Gasteiger charge is -2.24. The fourth-order valence-corrected chi connectivity index (χ4v) is 2.76. The van der Waals surface area contributed by atoms with E-state index in [1.54, 1.807) is 7.11 Å². The molecule has 0 saturated heterocycles. The van der Waals surface area contributed by atoms with Crippen molar-refractivity contribution in [1.29, 1.82) is 0 Å². The predicted molar refractivity (Wildman–Crippen MR) is 69.9 cm³/mol. The predicted octanol–water partition coefficient (Wildman–Crippen LogP) is 2.57. The minimum Gasteiger partial charge on any atom is -0.497 e. The Morgan fingerprint density at radius 1 is 1.12 bits per heavy atom. The van der Waals surface area contributed by atoms with Crippen LogP contribution in [-0.2, 0) is 0 Å². The van der Waals surface area contributed by atoms with Crippen LogP contribution in [0.5, 0.6) is 5.75 Å². The first-order valence-corrected chi connectivity index (χ1v) is 6.45. The summed E-state index contributed by atoms with van der Waals surface area (Å²) in [6.07, 6.45) is 6.30. The molecule has 3 heteroatoms. The van der Waals surface area contributed by atoms with Crippen molar-refractivity contribution in [2.24, 2.45) is 5.84 Å². The topological polar surface area (TPSA) is 47.3 Å². The number of rotatable bonds is 3. The van der Waals surface area contributed by atoms with Gasteiger partial charge in [0, 0.05) is 12.0 Å². The SMILES string of the molecule is COc1ccc(C2CCCCCC2NN)cc1. The summed E-state index contributed by atoms with van der Waals surface area (Å²) in [5.74, 6) is 7.13. The lowest BCUT2D eigenvalue weighted by Crippen LogP contribution is -2.39. The maximum atomic E-state index is 5.68. The van der Waals surface area contributed by atoms with Crippen LogP contribution in [0.25, 0.3) is 0 Å². The number of hydrazine groups is 1. The standard InChI is InChI=1S/C14H22N2O/c1-17-12-9-7-11(8-10-12)13-5-3-2-4-6-14(13)16-15/h7-10,13-14,16H,2-6,15H2,1H3. The van der Waals surface area contributed by atoms with E-state index in [0.29, 0.717) is 12.0 Å². The van der Waals surface area contributed by atoms with Gasteiger partial charge in [0.2, 0.25) is 0 Å². The summed E-state index contributed by atoms with van der Waals surface area (Å²) in [5.41, 5.74) is 4.36. The van der Waals surface area contributed by atoms with E-state index in [9.17, 15) is 0 Å². The molecular formula is C14H22N2O. The van der Waals surface area contributed by atoms with Crippen molar-refractivity contribution in [2.75, 3.05) is 7.11 Å². The second-order valence-corrected chi connectivity index (χ2v) is 4.79. The van der Waals surface area contributed by atoms with E-state index in [0.717, 1.165) is 5.75 Å². The zero-order valence-corrected chi connectivity index (χ0v) is 10.5. The Hall–Kier alpha value is -1.06. The maximum absolute atomic E-state index is 5.68. The van der Waals surface area contributed by atoms with Crippen LogP contribution < -0.4 is 16.0 Å². The molecule has 2 atom stereocenters. The molecule has 3 nitrogen and oxygen atoms in total. The minimum absolute atomic E-state index is 0.408. The summed E-state index contributed by atoms with van der Waals surface area (Å²) < 4.78 is 5.19. The van der Waals surface area contributed by atoms with Gasteiger partial charge in [0.1, 0.15) is 5.75 Å². The summed E-state index contributed by atoms with van der Waals surface area (Å²) in [6.45, 7) is 0. The second kappa shape index (κ2) is 6.03. The smallest absolute Gasteiger partial charge is 0.118 e. The zero-order valence-electron chi connectivity index (χ0n) is 10.5. The largest absolute Gasteiger partial charge is 0.497 e. The van der Waals surface area contributed by atoms with Crippen molar-refractivity contribution in [3.8, 4) is 5.75 Å². The Balaban J connectivity index is 2.16. The minimum atomic E-state index is 0.408. The highest BCUT2D eigenvalue weighted by Gasteiger charge is 2.23. The third-order valence-electron chi connectivity index (χ3n) is 3.77. The Kier molecular flexibility index (Phi) is 4.40. The van der Waals surface area contributed by atoms with Gasteiger partial charge in [-0.3, -0.25) is 11.3 Å². The number of nitrogens with two attached hydrogens (primary N) is 1. The molecule has 17 heavy (non-hydrogen) atoms. The van der Waals surface area contributed by atoms with Crippen LogP contribution in [0, 0.1) is 0 Å². The van der Waals surface area contributed by atoms with Gasteiger partial charge in [0.05, 0.1) is 7.11 Å². The van der Waals surface area contributed by atoms with Crippen molar-refractivity contribution in [1.82, 2.24) is 5.43 Å². The van der Waals surface area contributed by atoms with Gasteiger partial charge in [0.15, 0.2) is 0 Å². The van der Waals surface area contributed by atoms with E-state index in [1.165, 1.54) is 37.7 Å². The van der Waals surface area contributed by atoms with Crippen LogP contribution in [0.15, 0.2) is 24.3 Å². The van der Waals surface area contributed by atoms with Gasteiger partial charge in [-0.15, -0.1) is 0 Å². The highest BCUT2D eigenvalue weighted by Crippen LogP contribution is 2.32. The quantitative estimate of drug-likeness (QED) is 0.480. The molecule has 94 valence electrons. The van der Waals surface area contributed by atoms with E-state index in [1.807, 2.05) is 12.1 Å². The molecule has 2 rings (SSSR count). The monoisotopic (exact) mass is 234 g/mol. The molecule has 1 aromatic rings. The van der Waals surface area contributed by atoms with Crippen molar-refractivity contribution >= 4 is 0 Å². The molecule has 0 aliphatic heterocycles. The van der Waals surface area contributed by atoms with E-state index in [-0.39, 0.29) is 0 Å². The van der Waals surface area contributed by atoms with Crippen LogP contribution >= 0.6 is 0 Å². The molecule has 3 N–H and O–H groups in total. The Labute approximate surface area is 103 Å². The number of nitrogens with one attached hydrogen (secondary N) is 1. The second-order valence-electron chi connectivity index (χ2n) is 4.79. The van der Waals surface area contributed by atoms with E-state index in [2.05, 4.69) is 17.6 Å². The van der Waals surface area contributed by atoms with Gasteiger partial charge in [-0.25, -0.2) is 0 Å². The van der Waals surface area contributed by atoms with Crippen molar-refractivity contribution in [3.05, 3.63) is 29.8 Å². The van der Waals surface area contributed by atoms with E-state index < -0.39 is 0 Å². The van der Waals surface area contributed by atoms with Crippen molar-refractivity contribution < 1.29 is 4.74 Å². The first-order chi connectivity index (χ1) is 8.35. The van der Waals surface area contributed by atoms with Crippen LogP contribution in [-0.4, -0.2) is 13.2 Å². The average molecular weight is 234 g/mol. The van der Waals surface area contributed by atoms with Gasteiger partial charge in [-0.2, -0.15) is 0 Å². The molecule has 1 fully saturated rings. The number of ether oxygens (including phenoxy) is 1. The number of hydrogen-bond donors (Lipinski definition) is 2. The van der Waals surface area contributed by atoms with E-state index in [4.69, 9.17) is 10.6 Å². The molecular weight excluding hydrogens is 212 g/mol. The Bertz CT molecular complexity index is 337. The van der Waals surface area contributed by atoms with Gasteiger partial charge in [-0.1, -0.05) is 31.4 Å². The van der Waals surface area contributed by atoms with Crippen LogP contribution in [0.4, 0.5) is 0 Å². The number of hydrogen-bond acceptors (Lipinski definition) is 3. The zero-order chi connectivity index (χ0) is 12.1. The first-order valence-electron chi connectivity index (χ1n) is 6.45. The normalized spacial score (nSPS) is 25.3. The highest BCUT2D eigenvalue weighted by atomic mass is 16.5. The molecule has 1 aliphatic rings. The first kappa shape index (κ1) is 12.4. The molecule has 0 amide bonds. The lowest BCUT2D eigenvalue weighted by atomic mass is 9.88. The molecule has 1 aliphatic carbocycles. The average Bonchev–Trinajstić information content (AvgIpc) is 2.64. The molecule has 0 heterocycles. The van der Waals surface area contributed by atoms with E-state index >= 15 is 0 Å². The van der Waals surface area contributed by atoms with Crippen LogP contribution in [0.1, 0.15) is 43.6 Å². The molecule has 1 aromatic carbocycles. The van der Waals surface area contributed by atoms with Crippen LogP contribution in [0.2, 0.25) is 0 Å². The third kappa shape index (κ3) is 2.99. The van der Waals surface area contributed by atoms with Gasteiger partial charge in [0.25, 0.3) is 0 Å². The molecule has 1 saturated carbocycles. The summed E-state index contributed by atoms with van der Waals surface area (Å²) in [4.78, 5) is 0. The molecule has 0 aromatic heterocycles. The summed E-state index contributed by atoms with van der Waals surface area (Å²) in [5, 5.41) is 0. The molecule has 2 unspecified atom stereocenters. The molecule has 0 bridgehead atoms. The maximum Gasteiger partial charge on any atom is 0.118 e. The van der Waals surface area contributed by atoms with Gasteiger partial charge < -0.3 is 4.74 Å². The van der Waals surface area contributed by atoms with Crippen molar-refractivity contribution in [2.45, 2.75) is 44.1 Å². The highest BCUT2D eigenvalue weighted by molar-refractivity contribution is 5.30. The lowest BCUT2D eigenvalue weighted by molar-refractivity contribution is 0.409. The number of methoxy groups -OCH3 is 1. The fourth-order valence-electron chi connectivity index (χ4n) is 2.76. The molecule has 0 radical (unpaired) electrons. The van der Waals surface area contributed by atoms with Crippen molar-refractivity contribution in [3.63, 3.8) is 0 Å². The summed E-state index contributed by atoms with van der Waals surface area (Å²) in [6, 6.07) is 8.81. The van der Waals surface area contributed by atoms with Crippen LogP contribution in [0.3, 0.4) is 0 Å². The fraction of sp³-hybridized carbons (Fsp3) is 0.571. The summed E-state index contributed by atoms with van der Waals surface area (Å²) >= 11 is 0. The number of benzene rings is 1. The van der Waals surface area contributed by atoms with Gasteiger partial charge in [-0.05, 0) is 30.5 Å². The Morgan fingerprint density at radius 2 is 1.82 bits per heavy atom. The third-order valence-corrected chi connectivity index (χ3v) is 3.77. The summed E-state index contributed by atoms with van der Waals surface area (Å²) in [7, 11) is 1.70.